The van der Waals surface area contributed by atoms with E-state index in [4.69, 9.17) is 5.11 Å². The smallest absolute Gasteiger partial charge is 0.326 e. The van der Waals surface area contributed by atoms with Gasteiger partial charge in [-0.15, -0.1) is 0 Å². The maximum atomic E-state index is 11.7. The predicted molar refractivity (Wildman–Crippen MR) is 97.5 cm³/mol. The Bertz CT molecular complexity index is 574. The SMILES string of the molecule is C/C=C\C(=O)NCCCC(=O)NCC(=O)NCC(=O)NC(C(=O)O)C(C)C. The van der Waals surface area contributed by atoms with E-state index in [0.717, 1.165) is 0 Å². The first kappa shape index (κ1) is 24.1. The van der Waals surface area contributed by atoms with Crippen LogP contribution in [0.4, 0.5) is 0 Å². The molecule has 0 spiro atoms. The van der Waals surface area contributed by atoms with Crippen molar-refractivity contribution in [3.63, 3.8) is 0 Å². The van der Waals surface area contributed by atoms with Crippen molar-refractivity contribution < 1.29 is 29.1 Å². The number of carboxylic acid groups (broad SMARTS) is 1. The molecule has 0 heterocycles. The van der Waals surface area contributed by atoms with Gasteiger partial charge in [-0.3, -0.25) is 19.2 Å². The minimum Gasteiger partial charge on any atom is -0.480 e. The molecule has 0 aliphatic carbocycles. The van der Waals surface area contributed by atoms with Crippen molar-refractivity contribution in [3.05, 3.63) is 12.2 Å². The molecule has 0 rings (SSSR count). The van der Waals surface area contributed by atoms with Gasteiger partial charge in [0.1, 0.15) is 6.04 Å². The lowest BCUT2D eigenvalue weighted by molar-refractivity contribution is -0.143. The van der Waals surface area contributed by atoms with Crippen LogP contribution in [0, 0.1) is 5.92 Å². The number of carbonyl (C=O) groups is 5. The standard InChI is InChI=1S/C17H28N4O6/c1-4-6-12(22)18-8-5-7-13(23)19-9-14(24)20-10-15(25)21-16(11(2)3)17(26)27/h4,6,11,16H,5,7-10H2,1-3H3,(H,18,22)(H,19,23)(H,20,24)(H,21,25)(H,26,27)/b6-4-. The minimum absolute atomic E-state index is 0.137. The van der Waals surface area contributed by atoms with Gasteiger partial charge >= 0.3 is 5.97 Å². The number of carboxylic acids is 1. The molecule has 0 radical (unpaired) electrons. The van der Waals surface area contributed by atoms with Crippen molar-refractivity contribution in [2.75, 3.05) is 19.6 Å². The number of aliphatic carboxylic acids is 1. The number of hydrogen-bond acceptors (Lipinski definition) is 5. The van der Waals surface area contributed by atoms with Gasteiger partial charge in [-0.1, -0.05) is 19.9 Å². The Labute approximate surface area is 158 Å². The van der Waals surface area contributed by atoms with Crippen molar-refractivity contribution in [2.24, 2.45) is 5.92 Å². The molecular weight excluding hydrogens is 356 g/mol. The molecule has 5 N–H and O–H groups in total. The largest absolute Gasteiger partial charge is 0.480 e. The summed E-state index contributed by atoms with van der Waals surface area (Å²) in [4.78, 5) is 57.0. The van der Waals surface area contributed by atoms with Gasteiger partial charge in [-0.05, 0) is 25.3 Å². The Morgan fingerprint density at radius 3 is 2.07 bits per heavy atom. The van der Waals surface area contributed by atoms with E-state index in [0.29, 0.717) is 13.0 Å². The van der Waals surface area contributed by atoms with E-state index >= 15 is 0 Å². The number of hydrogen-bond donors (Lipinski definition) is 5. The summed E-state index contributed by atoms with van der Waals surface area (Å²) >= 11 is 0. The zero-order chi connectivity index (χ0) is 20.8. The molecule has 0 bridgehead atoms. The third-order valence-corrected chi connectivity index (χ3v) is 3.34. The molecule has 0 saturated carbocycles. The van der Waals surface area contributed by atoms with Crippen molar-refractivity contribution in [1.82, 2.24) is 21.3 Å². The van der Waals surface area contributed by atoms with Crippen LogP contribution in [0.25, 0.3) is 0 Å². The molecule has 0 fully saturated rings. The zero-order valence-electron chi connectivity index (χ0n) is 15.8. The number of carbonyl (C=O) groups excluding carboxylic acids is 4. The normalized spacial score (nSPS) is 11.7. The molecule has 0 aliphatic heterocycles. The minimum atomic E-state index is -1.15. The highest BCUT2D eigenvalue weighted by molar-refractivity contribution is 5.90. The highest BCUT2D eigenvalue weighted by Crippen LogP contribution is 2.01. The van der Waals surface area contributed by atoms with Crippen LogP contribution >= 0.6 is 0 Å². The average molecular weight is 384 g/mol. The summed E-state index contributed by atoms with van der Waals surface area (Å²) in [5.74, 6) is -3.26. The molecule has 4 amide bonds. The highest BCUT2D eigenvalue weighted by Gasteiger charge is 2.23. The molecule has 152 valence electrons. The number of amides is 4. The van der Waals surface area contributed by atoms with Crippen molar-refractivity contribution >= 4 is 29.6 Å². The Balaban J connectivity index is 3.96. The summed E-state index contributed by atoms with van der Waals surface area (Å²) < 4.78 is 0. The van der Waals surface area contributed by atoms with Gasteiger partial charge in [0, 0.05) is 13.0 Å². The van der Waals surface area contributed by atoms with Crippen LogP contribution in [0.5, 0.6) is 0 Å². The van der Waals surface area contributed by atoms with Gasteiger partial charge in [0.15, 0.2) is 0 Å². The van der Waals surface area contributed by atoms with Gasteiger partial charge in [-0.2, -0.15) is 0 Å². The van der Waals surface area contributed by atoms with E-state index in [1.165, 1.54) is 6.08 Å². The fraction of sp³-hybridized carbons (Fsp3) is 0.588. The van der Waals surface area contributed by atoms with Crippen LogP contribution in [0.2, 0.25) is 0 Å². The van der Waals surface area contributed by atoms with Gasteiger partial charge in [0.25, 0.3) is 0 Å². The molecule has 0 aromatic rings. The first-order chi connectivity index (χ1) is 12.7. The first-order valence-corrected chi connectivity index (χ1v) is 8.63. The summed E-state index contributed by atoms with van der Waals surface area (Å²) in [5, 5.41) is 18.6. The van der Waals surface area contributed by atoms with Crippen molar-refractivity contribution in [1.29, 1.82) is 0 Å². The second-order valence-electron chi connectivity index (χ2n) is 6.08. The molecule has 0 saturated heterocycles. The number of nitrogens with one attached hydrogen (secondary N) is 4. The van der Waals surface area contributed by atoms with Crippen molar-refractivity contribution in [3.8, 4) is 0 Å². The lowest BCUT2D eigenvalue weighted by atomic mass is 10.1. The summed E-state index contributed by atoms with van der Waals surface area (Å²) in [6.45, 7) is 4.67. The van der Waals surface area contributed by atoms with Crippen LogP contribution < -0.4 is 21.3 Å². The quantitative estimate of drug-likeness (QED) is 0.213. The fourth-order valence-corrected chi connectivity index (χ4v) is 1.92. The Hall–Kier alpha value is -2.91. The molecule has 1 atom stereocenters. The second kappa shape index (κ2) is 13.3. The van der Waals surface area contributed by atoms with Crippen LogP contribution in [0.15, 0.2) is 12.2 Å². The van der Waals surface area contributed by atoms with Crippen LogP contribution in [-0.4, -0.2) is 60.4 Å². The number of rotatable bonds is 12. The fourth-order valence-electron chi connectivity index (χ4n) is 1.92. The molecule has 27 heavy (non-hydrogen) atoms. The Kier molecular flexibility index (Phi) is 11.9. The third kappa shape index (κ3) is 12.1. The maximum absolute atomic E-state index is 11.7. The predicted octanol–water partition coefficient (Wildman–Crippen LogP) is -1.08. The Morgan fingerprint density at radius 1 is 0.926 bits per heavy atom. The monoisotopic (exact) mass is 384 g/mol. The zero-order valence-corrected chi connectivity index (χ0v) is 15.8. The Morgan fingerprint density at radius 2 is 1.52 bits per heavy atom. The van der Waals surface area contributed by atoms with Crippen LogP contribution in [0.3, 0.4) is 0 Å². The van der Waals surface area contributed by atoms with E-state index in [1.807, 2.05) is 0 Å². The summed E-state index contributed by atoms with van der Waals surface area (Å²) in [7, 11) is 0. The van der Waals surface area contributed by atoms with Gasteiger partial charge < -0.3 is 26.4 Å². The van der Waals surface area contributed by atoms with Gasteiger partial charge in [-0.25, -0.2) is 4.79 Å². The topological polar surface area (TPSA) is 154 Å². The van der Waals surface area contributed by atoms with Gasteiger partial charge in [0.05, 0.1) is 13.1 Å². The molecule has 0 aromatic carbocycles. The average Bonchev–Trinajstić information content (AvgIpc) is 2.59. The number of allylic oxidation sites excluding steroid dienone is 1. The molecule has 0 aliphatic rings. The lowest BCUT2D eigenvalue weighted by Gasteiger charge is -2.18. The van der Waals surface area contributed by atoms with Crippen LogP contribution in [0.1, 0.15) is 33.6 Å². The van der Waals surface area contributed by atoms with E-state index in [2.05, 4.69) is 21.3 Å². The van der Waals surface area contributed by atoms with Crippen LogP contribution in [-0.2, 0) is 24.0 Å². The maximum Gasteiger partial charge on any atom is 0.326 e. The lowest BCUT2D eigenvalue weighted by Crippen LogP contribution is -2.49. The highest BCUT2D eigenvalue weighted by atomic mass is 16.4. The third-order valence-electron chi connectivity index (χ3n) is 3.34. The van der Waals surface area contributed by atoms with E-state index in [1.54, 1.807) is 26.8 Å². The van der Waals surface area contributed by atoms with E-state index < -0.39 is 23.8 Å². The molecule has 0 aromatic heterocycles. The van der Waals surface area contributed by atoms with Gasteiger partial charge in [0.2, 0.25) is 23.6 Å². The van der Waals surface area contributed by atoms with E-state index in [-0.39, 0.29) is 37.2 Å². The second-order valence-corrected chi connectivity index (χ2v) is 6.08. The molecular formula is C17H28N4O6. The summed E-state index contributed by atoms with van der Waals surface area (Å²) in [5.41, 5.74) is 0. The molecule has 10 heteroatoms. The van der Waals surface area contributed by atoms with Crippen molar-refractivity contribution in [2.45, 2.75) is 39.7 Å². The summed E-state index contributed by atoms with van der Waals surface area (Å²) in [6, 6.07) is -1.04. The molecule has 10 nitrogen and oxygen atoms in total. The first-order valence-electron chi connectivity index (χ1n) is 8.63. The van der Waals surface area contributed by atoms with E-state index in [9.17, 15) is 24.0 Å². The summed E-state index contributed by atoms with van der Waals surface area (Å²) in [6.07, 6.45) is 3.54. The molecule has 1 unspecified atom stereocenters.